The van der Waals surface area contributed by atoms with Crippen molar-refractivity contribution in [3.8, 4) is 0 Å². The number of allylic oxidation sites excluding steroid dienone is 1. The third-order valence-corrected chi connectivity index (χ3v) is 4.16. The highest BCUT2D eigenvalue weighted by Crippen LogP contribution is 2.21. The zero-order valence-electron chi connectivity index (χ0n) is 12.6. The molecule has 118 valence electrons. The van der Waals surface area contributed by atoms with Crippen LogP contribution in [0.4, 0.5) is 0 Å². The van der Waals surface area contributed by atoms with E-state index in [-0.39, 0.29) is 5.91 Å². The zero-order chi connectivity index (χ0) is 16.1. The normalized spacial score (nSPS) is 14.7. The van der Waals surface area contributed by atoms with Gasteiger partial charge in [-0.05, 0) is 53.3 Å². The number of fused-ring (bicyclic) bond motifs is 1. The van der Waals surface area contributed by atoms with Crippen molar-refractivity contribution in [1.29, 1.82) is 0 Å². The van der Waals surface area contributed by atoms with E-state index >= 15 is 0 Å². The number of aromatic nitrogens is 2. The van der Waals surface area contributed by atoms with Crippen molar-refractivity contribution in [3.63, 3.8) is 0 Å². The van der Waals surface area contributed by atoms with Crippen molar-refractivity contribution in [3.05, 3.63) is 57.3 Å². The molecule has 3 rings (SSSR count). The van der Waals surface area contributed by atoms with Crippen LogP contribution >= 0.6 is 15.9 Å². The van der Waals surface area contributed by atoms with E-state index in [9.17, 15) is 4.79 Å². The van der Waals surface area contributed by atoms with Crippen molar-refractivity contribution in [2.45, 2.75) is 25.7 Å². The number of hydrazone groups is 1. The van der Waals surface area contributed by atoms with E-state index in [0.717, 1.165) is 47.0 Å². The molecule has 1 aromatic heterocycles. The van der Waals surface area contributed by atoms with Crippen LogP contribution in [0.25, 0.3) is 6.08 Å². The number of hydrogen-bond donors (Lipinski definition) is 2. The van der Waals surface area contributed by atoms with E-state index in [0.29, 0.717) is 5.69 Å². The van der Waals surface area contributed by atoms with E-state index < -0.39 is 0 Å². The zero-order valence-corrected chi connectivity index (χ0v) is 14.1. The molecule has 6 heteroatoms. The highest BCUT2D eigenvalue weighted by molar-refractivity contribution is 9.12. The predicted octanol–water partition coefficient (Wildman–Crippen LogP) is 3.44. The monoisotopic (exact) mass is 372 g/mol. The number of aromatic amines is 1. The molecule has 0 fully saturated rings. The number of H-pyrrole nitrogens is 1. The summed E-state index contributed by atoms with van der Waals surface area (Å²) in [6.45, 7) is 0. The summed E-state index contributed by atoms with van der Waals surface area (Å²) < 4.78 is 0.771. The third-order valence-electron chi connectivity index (χ3n) is 3.73. The van der Waals surface area contributed by atoms with Gasteiger partial charge in [0, 0.05) is 15.7 Å². The number of rotatable bonds is 4. The number of nitrogens with one attached hydrogen (secondary N) is 2. The number of aryl methyl sites for hydroxylation is 1. The summed E-state index contributed by atoms with van der Waals surface area (Å²) in [5.74, 6) is -0.277. The Labute approximate surface area is 143 Å². The number of carbonyl (C=O) groups is 1. The predicted molar refractivity (Wildman–Crippen MR) is 94.5 cm³/mol. The van der Waals surface area contributed by atoms with Crippen molar-refractivity contribution in [2.24, 2.45) is 5.10 Å². The molecule has 0 aliphatic heterocycles. The average Bonchev–Trinajstić information content (AvgIpc) is 3.00. The molecule has 1 heterocycles. The van der Waals surface area contributed by atoms with Gasteiger partial charge in [0.25, 0.3) is 5.91 Å². The second kappa shape index (κ2) is 7.37. The van der Waals surface area contributed by atoms with E-state index in [4.69, 9.17) is 0 Å². The number of hydrogen-bond acceptors (Lipinski definition) is 3. The summed E-state index contributed by atoms with van der Waals surface area (Å²) in [5.41, 5.74) is 6.15. The van der Waals surface area contributed by atoms with E-state index in [1.165, 1.54) is 0 Å². The third kappa shape index (κ3) is 3.96. The standard InChI is InChI=1S/C17H17BrN4O/c18-13(10-12-6-2-1-3-7-12)11-19-22-17(23)16-14-8-4-5-9-15(14)20-21-16/h1-3,6-7,10-11H,4-5,8-9H2,(H,20,21)(H,22,23)/b13-10-,19-11?. The van der Waals surface area contributed by atoms with Gasteiger partial charge in [-0.1, -0.05) is 30.3 Å². The molecule has 0 bridgehead atoms. The van der Waals surface area contributed by atoms with Crippen LogP contribution < -0.4 is 5.43 Å². The first kappa shape index (κ1) is 15.7. The summed E-state index contributed by atoms with van der Waals surface area (Å²) in [6, 6.07) is 9.87. The molecule has 5 nitrogen and oxygen atoms in total. The molecule has 2 N–H and O–H groups in total. The van der Waals surface area contributed by atoms with Crippen LogP contribution in [0.2, 0.25) is 0 Å². The lowest BCUT2D eigenvalue weighted by Gasteiger charge is -2.10. The minimum absolute atomic E-state index is 0.277. The maximum atomic E-state index is 12.2. The fraction of sp³-hybridized carbons (Fsp3) is 0.235. The first-order valence-electron chi connectivity index (χ1n) is 7.56. The highest BCUT2D eigenvalue weighted by Gasteiger charge is 2.21. The van der Waals surface area contributed by atoms with Crippen LogP contribution in [0.1, 0.15) is 40.2 Å². The Balaban J connectivity index is 1.63. The van der Waals surface area contributed by atoms with Crippen molar-refractivity contribution in [2.75, 3.05) is 0 Å². The van der Waals surface area contributed by atoms with Gasteiger partial charge in [0.2, 0.25) is 0 Å². The molecule has 0 saturated heterocycles. The quantitative estimate of drug-likeness (QED) is 0.637. The van der Waals surface area contributed by atoms with Gasteiger partial charge in [-0.15, -0.1) is 0 Å². The van der Waals surface area contributed by atoms with Gasteiger partial charge in [0.05, 0.1) is 6.21 Å². The fourth-order valence-corrected chi connectivity index (χ4v) is 2.99. The van der Waals surface area contributed by atoms with E-state index in [1.54, 1.807) is 6.21 Å². The Morgan fingerprint density at radius 2 is 2.04 bits per heavy atom. The maximum Gasteiger partial charge on any atom is 0.292 e. The molecule has 1 aliphatic rings. The van der Waals surface area contributed by atoms with Gasteiger partial charge >= 0.3 is 0 Å². The van der Waals surface area contributed by atoms with Crippen LogP contribution in [0.15, 0.2) is 39.9 Å². The Morgan fingerprint density at radius 1 is 1.26 bits per heavy atom. The Hall–Kier alpha value is -2.21. The van der Waals surface area contributed by atoms with Crippen LogP contribution in [-0.2, 0) is 12.8 Å². The summed E-state index contributed by atoms with van der Waals surface area (Å²) in [6.07, 6.45) is 7.59. The number of benzene rings is 1. The summed E-state index contributed by atoms with van der Waals surface area (Å²) >= 11 is 3.41. The minimum Gasteiger partial charge on any atom is -0.281 e. The number of carbonyl (C=O) groups excluding carboxylic acids is 1. The molecule has 0 spiro atoms. The van der Waals surface area contributed by atoms with Gasteiger partial charge in [-0.25, -0.2) is 5.43 Å². The molecule has 0 saturated carbocycles. The number of nitrogens with zero attached hydrogens (tertiary/aromatic N) is 2. The number of halogens is 1. The number of amides is 1. The first-order valence-corrected chi connectivity index (χ1v) is 8.35. The molecular formula is C17H17BrN4O. The van der Waals surface area contributed by atoms with E-state index in [1.807, 2.05) is 36.4 Å². The Kier molecular flexibility index (Phi) is 5.02. The van der Waals surface area contributed by atoms with Crippen LogP contribution in [0.5, 0.6) is 0 Å². The van der Waals surface area contributed by atoms with Gasteiger partial charge in [0.1, 0.15) is 0 Å². The highest BCUT2D eigenvalue weighted by atomic mass is 79.9. The summed E-state index contributed by atoms with van der Waals surface area (Å²) in [4.78, 5) is 12.2. The summed E-state index contributed by atoms with van der Waals surface area (Å²) in [7, 11) is 0. The molecule has 23 heavy (non-hydrogen) atoms. The summed E-state index contributed by atoms with van der Waals surface area (Å²) in [5, 5.41) is 11.1. The molecule has 2 aromatic rings. The van der Waals surface area contributed by atoms with Crippen LogP contribution in [0.3, 0.4) is 0 Å². The molecule has 1 amide bonds. The molecule has 1 aromatic carbocycles. The van der Waals surface area contributed by atoms with Crippen molar-refractivity contribution in [1.82, 2.24) is 15.6 Å². The molecular weight excluding hydrogens is 356 g/mol. The van der Waals surface area contributed by atoms with Gasteiger partial charge < -0.3 is 0 Å². The molecule has 0 atom stereocenters. The van der Waals surface area contributed by atoms with E-state index in [2.05, 4.69) is 36.7 Å². The lowest BCUT2D eigenvalue weighted by molar-refractivity contribution is 0.0949. The second-order valence-corrected chi connectivity index (χ2v) is 6.29. The van der Waals surface area contributed by atoms with Gasteiger partial charge in [-0.3, -0.25) is 9.89 Å². The lowest BCUT2D eigenvalue weighted by Crippen LogP contribution is -2.20. The SMILES string of the molecule is O=C(NN=C/C(Br)=C/c1ccccc1)c1n[nH]c2c1CCCC2. The molecule has 0 unspecified atom stereocenters. The second-order valence-electron chi connectivity index (χ2n) is 5.38. The Bertz CT molecular complexity index is 749. The molecule has 1 aliphatic carbocycles. The van der Waals surface area contributed by atoms with Gasteiger partial charge in [0.15, 0.2) is 5.69 Å². The topological polar surface area (TPSA) is 70.1 Å². The first-order chi connectivity index (χ1) is 11.2. The lowest BCUT2D eigenvalue weighted by atomic mass is 9.96. The average molecular weight is 373 g/mol. The largest absolute Gasteiger partial charge is 0.292 e. The Morgan fingerprint density at radius 3 is 2.87 bits per heavy atom. The maximum absolute atomic E-state index is 12.2. The fourth-order valence-electron chi connectivity index (χ4n) is 2.62. The molecule has 0 radical (unpaired) electrons. The van der Waals surface area contributed by atoms with Crippen molar-refractivity contribution >= 4 is 34.1 Å². The smallest absolute Gasteiger partial charge is 0.281 e. The van der Waals surface area contributed by atoms with Gasteiger partial charge in [-0.2, -0.15) is 10.2 Å². The minimum atomic E-state index is -0.277. The van der Waals surface area contributed by atoms with Crippen LogP contribution in [-0.4, -0.2) is 22.3 Å². The van der Waals surface area contributed by atoms with Crippen LogP contribution in [0, 0.1) is 0 Å². The van der Waals surface area contributed by atoms with Crippen molar-refractivity contribution < 1.29 is 4.79 Å².